The van der Waals surface area contributed by atoms with Gasteiger partial charge in [-0.3, -0.25) is 4.79 Å². The molecule has 1 atom stereocenters. The molecule has 0 bridgehead atoms. The van der Waals surface area contributed by atoms with E-state index in [1.54, 1.807) is 25.3 Å². The van der Waals surface area contributed by atoms with Crippen LogP contribution in [0.15, 0.2) is 18.2 Å². The van der Waals surface area contributed by atoms with Crippen LogP contribution in [-0.2, 0) is 0 Å². The van der Waals surface area contributed by atoms with Gasteiger partial charge in [-0.05, 0) is 31.7 Å². The van der Waals surface area contributed by atoms with Crippen molar-refractivity contribution in [1.82, 2.24) is 5.32 Å². The lowest BCUT2D eigenvalue weighted by molar-refractivity contribution is 0.0969. The Bertz CT molecular complexity index is 393. The highest BCUT2D eigenvalue weighted by molar-refractivity contribution is 6.31. The summed E-state index contributed by atoms with van der Waals surface area (Å²) in [6, 6.07) is 5.23. The number of carbonyl (C=O) groups is 1. The zero-order chi connectivity index (χ0) is 12.8. The minimum Gasteiger partial charge on any atom is -0.496 e. The van der Waals surface area contributed by atoms with Gasteiger partial charge in [0.1, 0.15) is 5.75 Å². The van der Waals surface area contributed by atoms with Gasteiger partial charge in [0.05, 0.1) is 12.7 Å². The summed E-state index contributed by atoms with van der Waals surface area (Å²) in [7, 11) is 1.55. The van der Waals surface area contributed by atoms with Crippen molar-refractivity contribution in [2.24, 2.45) is 0 Å². The molecule has 0 heterocycles. The molecule has 1 unspecified atom stereocenters. The molecule has 0 amide bonds. The Kier molecular flexibility index (Phi) is 5.45. The standard InChI is InChI=1S/C13H18ClNO2/c1-4-15-9(2)7-12(16)11-8-10(14)5-6-13(11)17-3/h5-6,8-9,15H,4,7H2,1-3H3. The normalized spacial score (nSPS) is 12.2. The molecule has 1 aromatic rings. The number of Topliss-reactive ketones (excluding diaryl/α,β-unsaturated/α-hetero) is 1. The summed E-state index contributed by atoms with van der Waals surface area (Å²) < 4.78 is 5.16. The molecular formula is C13H18ClNO2. The summed E-state index contributed by atoms with van der Waals surface area (Å²) in [5, 5.41) is 3.75. The largest absolute Gasteiger partial charge is 0.496 e. The number of ether oxygens (including phenoxy) is 1. The number of rotatable bonds is 6. The number of carbonyl (C=O) groups excluding carboxylic acids is 1. The summed E-state index contributed by atoms with van der Waals surface area (Å²) in [6.07, 6.45) is 0.435. The number of hydrogen-bond acceptors (Lipinski definition) is 3. The first-order valence-corrected chi connectivity index (χ1v) is 6.06. The van der Waals surface area contributed by atoms with E-state index in [9.17, 15) is 4.79 Å². The highest BCUT2D eigenvalue weighted by Gasteiger charge is 2.15. The second kappa shape index (κ2) is 6.62. The van der Waals surface area contributed by atoms with Gasteiger partial charge in [-0.1, -0.05) is 18.5 Å². The Morgan fingerprint density at radius 3 is 2.82 bits per heavy atom. The topological polar surface area (TPSA) is 38.3 Å². The Morgan fingerprint density at radius 1 is 1.53 bits per heavy atom. The molecule has 0 saturated heterocycles. The average molecular weight is 256 g/mol. The van der Waals surface area contributed by atoms with Crippen LogP contribution in [0.4, 0.5) is 0 Å². The molecule has 0 aromatic heterocycles. The predicted octanol–water partition coefficient (Wildman–Crippen LogP) is 2.92. The second-order valence-corrected chi connectivity index (χ2v) is 4.37. The van der Waals surface area contributed by atoms with Crippen molar-refractivity contribution in [1.29, 1.82) is 0 Å². The fourth-order valence-electron chi connectivity index (χ4n) is 1.71. The third kappa shape index (κ3) is 4.02. The molecular weight excluding hydrogens is 238 g/mol. The number of hydrogen-bond donors (Lipinski definition) is 1. The molecule has 0 spiro atoms. The van der Waals surface area contributed by atoms with Gasteiger partial charge in [0.2, 0.25) is 0 Å². The van der Waals surface area contributed by atoms with Gasteiger partial charge in [0.25, 0.3) is 0 Å². The first-order valence-electron chi connectivity index (χ1n) is 5.68. The van der Waals surface area contributed by atoms with Gasteiger partial charge in [0.15, 0.2) is 5.78 Å². The summed E-state index contributed by atoms with van der Waals surface area (Å²) in [5.74, 6) is 0.612. The summed E-state index contributed by atoms with van der Waals surface area (Å²) in [4.78, 5) is 12.1. The highest BCUT2D eigenvalue weighted by atomic mass is 35.5. The Morgan fingerprint density at radius 2 is 2.24 bits per heavy atom. The van der Waals surface area contributed by atoms with Gasteiger partial charge in [-0.15, -0.1) is 0 Å². The molecule has 0 saturated carbocycles. The van der Waals surface area contributed by atoms with E-state index in [1.165, 1.54) is 0 Å². The fraction of sp³-hybridized carbons (Fsp3) is 0.462. The van der Waals surface area contributed by atoms with E-state index in [-0.39, 0.29) is 11.8 Å². The molecule has 4 heteroatoms. The van der Waals surface area contributed by atoms with Crippen LogP contribution in [0, 0.1) is 0 Å². The van der Waals surface area contributed by atoms with Crippen molar-refractivity contribution in [3.63, 3.8) is 0 Å². The minimum atomic E-state index is 0.0396. The van der Waals surface area contributed by atoms with Crippen LogP contribution in [0.1, 0.15) is 30.6 Å². The third-order valence-electron chi connectivity index (χ3n) is 2.51. The van der Waals surface area contributed by atoms with Crippen molar-refractivity contribution in [3.05, 3.63) is 28.8 Å². The van der Waals surface area contributed by atoms with E-state index in [0.717, 1.165) is 6.54 Å². The zero-order valence-electron chi connectivity index (χ0n) is 10.4. The first-order chi connectivity index (χ1) is 8.08. The maximum atomic E-state index is 12.1. The molecule has 0 aliphatic rings. The Balaban J connectivity index is 2.83. The number of methoxy groups -OCH3 is 1. The van der Waals surface area contributed by atoms with Gasteiger partial charge in [-0.25, -0.2) is 0 Å². The van der Waals surface area contributed by atoms with Crippen LogP contribution >= 0.6 is 11.6 Å². The van der Waals surface area contributed by atoms with E-state index in [2.05, 4.69) is 5.32 Å². The lowest BCUT2D eigenvalue weighted by Crippen LogP contribution is -2.28. The lowest BCUT2D eigenvalue weighted by atomic mass is 10.0. The maximum Gasteiger partial charge on any atom is 0.168 e. The third-order valence-corrected chi connectivity index (χ3v) is 2.74. The predicted molar refractivity (Wildman–Crippen MR) is 70.1 cm³/mol. The SMILES string of the molecule is CCNC(C)CC(=O)c1cc(Cl)ccc1OC. The quantitative estimate of drug-likeness (QED) is 0.795. The van der Waals surface area contributed by atoms with Crippen LogP contribution in [0.25, 0.3) is 0 Å². The van der Waals surface area contributed by atoms with Crippen LogP contribution in [-0.4, -0.2) is 25.5 Å². The number of nitrogens with one attached hydrogen (secondary N) is 1. The van der Waals surface area contributed by atoms with Crippen molar-refractivity contribution < 1.29 is 9.53 Å². The molecule has 3 nitrogen and oxygen atoms in total. The van der Waals surface area contributed by atoms with Crippen molar-refractivity contribution in [2.45, 2.75) is 26.3 Å². The molecule has 17 heavy (non-hydrogen) atoms. The zero-order valence-corrected chi connectivity index (χ0v) is 11.2. The monoisotopic (exact) mass is 255 g/mol. The van der Waals surface area contributed by atoms with Crippen LogP contribution in [0.5, 0.6) is 5.75 Å². The van der Waals surface area contributed by atoms with Crippen LogP contribution in [0.2, 0.25) is 5.02 Å². The smallest absolute Gasteiger partial charge is 0.168 e. The average Bonchev–Trinajstić information content (AvgIpc) is 2.29. The summed E-state index contributed by atoms with van der Waals surface area (Å²) >= 11 is 5.89. The molecule has 0 aliphatic heterocycles. The number of ketones is 1. The van der Waals surface area contributed by atoms with Gasteiger partial charge in [0, 0.05) is 17.5 Å². The van der Waals surface area contributed by atoms with Crippen LogP contribution in [0.3, 0.4) is 0 Å². The Labute approximate surface area is 107 Å². The first kappa shape index (κ1) is 14.0. The molecule has 1 N–H and O–H groups in total. The molecule has 0 radical (unpaired) electrons. The fourth-order valence-corrected chi connectivity index (χ4v) is 1.88. The number of benzene rings is 1. The van der Waals surface area contributed by atoms with Crippen molar-refractivity contribution >= 4 is 17.4 Å². The van der Waals surface area contributed by atoms with Crippen LogP contribution < -0.4 is 10.1 Å². The summed E-state index contributed by atoms with van der Waals surface area (Å²) in [5.41, 5.74) is 0.546. The van der Waals surface area contributed by atoms with Crippen molar-refractivity contribution in [3.8, 4) is 5.75 Å². The minimum absolute atomic E-state index is 0.0396. The Hall–Kier alpha value is -1.06. The van der Waals surface area contributed by atoms with E-state index in [1.807, 2.05) is 13.8 Å². The molecule has 0 fully saturated rings. The highest BCUT2D eigenvalue weighted by Crippen LogP contribution is 2.24. The molecule has 0 aliphatic carbocycles. The molecule has 94 valence electrons. The maximum absolute atomic E-state index is 12.1. The van der Waals surface area contributed by atoms with E-state index in [0.29, 0.717) is 22.8 Å². The summed E-state index contributed by atoms with van der Waals surface area (Å²) in [6.45, 7) is 4.85. The van der Waals surface area contributed by atoms with E-state index in [4.69, 9.17) is 16.3 Å². The van der Waals surface area contributed by atoms with Gasteiger partial charge >= 0.3 is 0 Å². The second-order valence-electron chi connectivity index (χ2n) is 3.93. The van der Waals surface area contributed by atoms with Gasteiger partial charge in [-0.2, -0.15) is 0 Å². The van der Waals surface area contributed by atoms with E-state index >= 15 is 0 Å². The van der Waals surface area contributed by atoms with Gasteiger partial charge < -0.3 is 10.1 Å². The lowest BCUT2D eigenvalue weighted by Gasteiger charge is -2.13. The van der Waals surface area contributed by atoms with E-state index < -0.39 is 0 Å². The molecule has 1 rings (SSSR count). The number of halogens is 1. The molecule has 1 aromatic carbocycles. The van der Waals surface area contributed by atoms with Crippen molar-refractivity contribution in [2.75, 3.05) is 13.7 Å².